The Morgan fingerprint density at radius 1 is 1.00 bits per heavy atom. The molecule has 0 saturated carbocycles. The molecular weight excluding hydrogens is 312 g/mol. The minimum absolute atomic E-state index is 0.0663. The van der Waals surface area contributed by atoms with E-state index in [-0.39, 0.29) is 5.54 Å². The molecule has 1 atom stereocenters. The molecule has 2 heterocycles. The van der Waals surface area contributed by atoms with Gasteiger partial charge in [-0.25, -0.2) is 0 Å². The van der Waals surface area contributed by atoms with Gasteiger partial charge in [0.1, 0.15) is 13.2 Å². The van der Waals surface area contributed by atoms with Crippen molar-refractivity contribution >= 4 is 0 Å². The summed E-state index contributed by atoms with van der Waals surface area (Å²) in [5.74, 6) is 1.74. The van der Waals surface area contributed by atoms with E-state index in [1.54, 1.807) is 0 Å². The molecule has 2 aromatic carbocycles. The van der Waals surface area contributed by atoms with Crippen LogP contribution >= 0.6 is 0 Å². The molecule has 2 aliphatic heterocycles. The molecule has 25 heavy (non-hydrogen) atoms. The summed E-state index contributed by atoms with van der Waals surface area (Å²) in [4.78, 5) is 2.55. The lowest BCUT2D eigenvalue weighted by molar-refractivity contribution is 0.136. The maximum atomic E-state index is 5.73. The van der Waals surface area contributed by atoms with Crippen LogP contribution in [0.5, 0.6) is 11.5 Å². The Balaban J connectivity index is 1.44. The molecule has 4 heteroatoms. The van der Waals surface area contributed by atoms with E-state index < -0.39 is 0 Å². The molecule has 0 aliphatic carbocycles. The Hall–Kier alpha value is -2.04. The summed E-state index contributed by atoms with van der Waals surface area (Å²) in [5.41, 5.74) is 2.74. The second-order valence-electron chi connectivity index (χ2n) is 7.34. The van der Waals surface area contributed by atoms with Crippen LogP contribution in [0.3, 0.4) is 0 Å². The predicted molar refractivity (Wildman–Crippen MR) is 99.3 cm³/mol. The lowest BCUT2D eigenvalue weighted by atomic mass is 9.90. The molecule has 0 aromatic heterocycles. The minimum atomic E-state index is 0.0663. The second-order valence-corrected chi connectivity index (χ2v) is 7.34. The average molecular weight is 338 g/mol. The maximum Gasteiger partial charge on any atom is 0.161 e. The van der Waals surface area contributed by atoms with Crippen LogP contribution in [0.2, 0.25) is 0 Å². The molecule has 2 aromatic rings. The summed E-state index contributed by atoms with van der Waals surface area (Å²) >= 11 is 0. The number of piperazine rings is 1. The van der Waals surface area contributed by atoms with Gasteiger partial charge in [-0.3, -0.25) is 4.90 Å². The van der Waals surface area contributed by atoms with E-state index in [0.717, 1.165) is 44.1 Å². The number of nitrogens with one attached hydrogen (secondary N) is 1. The lowest BCUT2D eigenvalue weighted by Gasteiger charge is -2.42. The van der Waals surface area contributed by atoms with E-state index in [2.05, 4.69) is 59.6 Å². The van der Waals surface area contributed by atoms with Gasteiger partial charge in [-0.2, -0.15) is 0 Å². The Morgan fingerprint density at radius 3 is 2.64 bits per heavy atom. The van der Waals surface area contributed by atoms with Crippen molar-refractivity contribution in [2.75, 3.05) is 32.8 Å². The van der Waals surface area contributed by atoms with Crippen LogP contribution in [0.1, 0.15) is 18.1 Å². The van der Waals surface area contributed by atoms with E-state index in [1.165, 1.54) is 11.1 Å². The monoisotopic (exact) mass is 338 g/mol. The highest BCUT2D eigenvalue weighted by Gasteiger charge is 2.31. The van der Waals surface area contributed by atoms with Gasteiger partial charge in [-0.05, 0) is 36.6 Å². The molecule has 4 rings (SSSR count). The first-order valence-electron chi connectivity index (χ1n) is 9.10. The lowest BCUT2D eigenvalue weighted by Crippen LogP contribution is -2.59. The van der Waals surface area contributed by atoms with Crippen LogP contribution < -0.4 is 14.8 Å². The van der Waals surface area contributed by atoms with Gasteiger partial charge in [-0.15, -0.1) is 0 Å². The topological polar surface area (TPSA) is 33.7 Å². The van der Waals surface area contributed by atoms with Crippen molar-refractivity contribution in [2.24, 2.45) is 0 Å². The molecule has 1 N–H and O–H groups in total. The summed E-state index contributed by atoms with van der Waals surface area (Å²) in [7, 11) is 0. The van der Waals surface area contributed by atoms with Crippen LogP contribution in [0.15, 0.2) is 48.5 Å². The van der Waals surface area contributed by atoms with Crippen molar-refractivity contribution in [1.82, 2.24) is 10.2 Å². The molecular formula is C21H26N2O2. The highest BCUT2D eigenvalue weighted by Crippen LogP contribution is 2.32. The highest BCUT2D eigenvalue weighted by molar-refractivity contribution is 5.44. The zero-order valence-corrected chi connectivity index (χ0v) is 14.8. The molecule has 132 valence electrons. The van der Waals surface area contributed by atoms with Crippen molar-refractivity contribution in [1.29, 1.82) is 0 Å². The molecule has 0 bridgehead atoms. The predicted octanol–water partition coefficient (Wildman–Crippen LogP) is 2.86. The van der Waals surface area contributed by atoms with Gasteiger partial charge >= 0.3 is 0 Å². The Morgan fingerprint density at radius 2 is 1.80 bits per heavy atom. The first-order valence-corrected chi connectivity index (χ1v) is 9.10. The summed E-state index contributed by atoms with van der Waals surface area (Å²) in [6, 6.07) is 17.1. The number of nitrogens with zero attached hydrogens (tertiary/aromatic N) is 1. The SMILES string of the molecule is CC1(Cc2ccc3c(c2)OCCO3)CN(Cc2ccccc2)CCN1. The maximum absolute atomic E-state index is 5.73. The van der Waals surface area contributed by atoms with Gasteiger partial charge in [0, 0.05) is 31.7 Å². The largest absolute Gasteiger partial charge is 0.486 e. The van der Waals surface area contributed by atoms with Gasteiger partial charge in [0.15, 0.2) is 11.5 Å². The number of rotatable bonds is 4. The molecule has 0 radical (unpaired) electrons. The van der Waals surface area contributed by atoms with Crippen LogP contribution in [0.4, 0.5) is 0 Å². The zero-order chi connectivity index (χ0) is 17.1. The smallest absolute Gasteiger partial charge is 0.161 e. The van der Waals surface area contributed by atoms with Crippen LogP contribution in [-0.2, 0) is 13.0 Å². The molecule has 0 spiro atoms. The first-order chi connectivity index (χ1) is 12.2. The Bertz CT molecular complexity index is 719. The van der Waals surface area contributed by atoms with Crippen molar-refractivity contribution in [3.05, 3.63) is 59.7 Å². The van der Waals surface area contributed by atoms with Gasteiger partial charge in [-0.1, -0.05) is 36.4 Å². The fourth-order valence-corrected chi connectivity index (χ4v) is 3.89. The summed E-state index contributed by atoms with van der Waals surface area (Å²) in [6.07, 6.45) is 0.981. The van der Waals surface area contributed by atoms with Crippen molar-refractivity contribution in [3.8, 4) is 11.5 Å². The normalized spacial score (nSPS) is 23.4. The van der Waals surface area contributed by atoms with Crippen molar-refractivity contribution < 1.29 is 9.47 Å². The van der Waals surface area contributed by atoms with E-state index in [4.69, 9.17) is 9.47 Å². The van der Waals surface area contributed by atoms with Crippen molar-refractivity contribution in [2.45, 2.75) is 25.4 Å². The van der Waals surface area contributed by atoms with Gasteiger partial charge in [0.25, 0.3) is 0 Å². The zero-order valence-electron chi connectivity index (χ0n) is 14.8. The standard InChI is InChI=1S/C21H26N2O2/c1-21(14-18-7-8-19-20(13-18)25-12-11-24-19)16-23(10-9-22-21)15-17-5-3-2-4-6-17/h2-8,13,22H,9-12,14-16H2,1H3. The molecule has 1 saturated heterocycles. The minimum Gasteiger partial charge on any atom is -0.486 e. The van der Waals surface area contributed by atoms with Crippen molar-refractivity contribution in [3.63, 3.8) is 0 Å². The fourth-order valence-electron chi connectivity index (χ4n) is 3.89. The van der Waals surface area contributed by atoms with E-state index >= 15 is 0 Å². The van der Waals surface area contributed by atoms with Crippen LogP contribution in [0, 0.1) is 0 Å². The third-order valence-corrected chi connectivity index (χ3v) is 5.00. The molecule has 1 unspecified atom stereocenters. The fraction of sp³-hybridized carbons (Fsp3) is 0.429. The van der Waals surface area contributed by atoms with Crippen LogP contribution in [-0.4, -0.2) is 43.3 Å². The summed E-state index contributed by atoms with van der Waals surface area (Å²) in [6.45, 7) is 7.76. The van der Waals surface area contributed by atoms with E-state index in [1.807, 2.05) is 6.07 Å². The molecule has 1 fully saturated rings. The number of benzene rings is 2. The Labute approximate surface area is 149 Å². The first kappa shape index (κ1) is 16.4. The number of hydrogen-bond acceptors (Lipinski definition) is 4. The quantitative estimate of drug-likeness (QED) is 0.929. The average Bonchev–Trinajstić information content (AvgIpc) is 2.62. The van der Waals surface area contributed by atoms with Gasteiger partial charge in [0.05, 0.1) is 0 Å². The molecule has 0 amide bonds. The second kappa shape index (κ2) is 7.06. The Kier molecular flexibility index (Phi) is 4.64. The molecule has 2 aliphatic rings. The summed E-state index contributed by atoms with van der Waals surface area (Å²) < 4.78 is 11.4. The number of fused-ring (bicyclic) bond motifs is 1. The van der Waals surface area contributed by atoms with E-state index in [0.29, 0.717) is 13.2 Å². The van der Waals surface area contributed by atoms with Gasteiger partial charge in [0.2, 0.25) is 0 Å². The highest BCUT2D eigenvalue weighted by atomic mass is 16.6. The summed E-state index contributed by atoms with van der Waals surface area (Å²) in [5, 5.41) is 3.73. The van der Waals surface area contributed by atoms with Gasteiger partial charge < -0.3 is 14.8 Å². The number of hydrogen-bond donors (Lipinski definition) is 1. The third kappa shape index (κ3) is 3.97. The third-order valence-electron chi connectivity index (χ3n) is 5.00. The number of ether oxygens (including phenoxy) is 2. The van der Waals surface area contributed by atoms with E-state index in [9.17, 15) is 0 Å². The molecule has 4 nitrogen and oxygen atoms in total. The van der Waals surface area contributed by atoms with Crippen LogP contribution in [0.25, 0.3) is 0 Å².